The highest BCUT2D eigenvalue weighted by Gasteiger charge is 2.27. The van der Waals surface area contributed by atoms with Crippen molar-refractivity contribution in [3.63, 3.8) is 0 Å². The van der Waals surface area contributed by atoms with Gasteiger partial charge in [0.1, 0.15) is 13.2 Å². The van der Waals surface area contributed by atoms with Gasteiger partial charge in [-0.3, -0.25) is 0 Å². The van der Waals surface area contributed by atoms with E-state index in [9.17, 15) is 0 Å². The topological polar surface area (TPSA) is 39.7 Å². The van der Waals surface area contributed by atoms with E-state index in [0.717, 1.165) is 35.7 Å². The van der Waals surface area contributed by atoms with Crippen molar-refractivity contribution in [3.8, 4) is 11.5 Å². The second-order valence-electron chi connectivity index (χ2n) is 4.48. The molecule has 1 unspecified atom stereocenters. The Morgan fingerprint density at radius 2 is 2.11 bits per heavy atom. The fourth-order valence-corrected chi connectivity index (χ4v) is 2.61. The van der Waals surface area contributed by atoms with Crippen LogP contribution in [-0.4, -0.2) is 32.9 Å². The molecular weight excluding hydrogens is 254 g/mol. The summed E-state index contributed by atoms with van der Waals surface area (Å²) in [6.45, 7) is 5.49. The summed E-state index contributed by atoms with van der Waals surface area (Å²) in [6, 6.07) is 1.82. The molecule has 1 saturated heterocycles. The summed E-state index contributed by atoms with van der Waals surface area (Å²) < 4.78 is 17.2. The van der Waals surface area contributed by atoms with Crippen LogP contribution < -0.4 is 14.8 Å². The van der Waals surface area contributed by atoms with Crippen LogP contribution in [0.5, 0.6) is 11.5 Å². The van der Waals surface area contributed by atoms with Crippen molar-refractivity contribution in [2.24, 2.45) is 0 Å². The minimum absolute atomic E-state index is 0.0205. The van der Waals surface area contributed by atoms with Crippen LogP contribution in [0.4, 0.5) is 0 Å². The molecule has 5 heteroatoms. The third kappa shape index (κ3) is 2.05. The highest BCUT2D eigenvalue weighted by molar-refractivity contribution is 6.31. The van der Waals surface area contributed by atoms with E-state index in [1.807, 2.05) is 13.0 Å². The molecule has 0 amide bonds. The van der Waals surface area contributed by atoms with E-state index in [1.165, 1.54) is 0 Å². The summed E-state index contributed by atoms with van der Waals surface area (Å²) in [4.78, 5) is 0. The Morgan fingerprint density at radius 3 is 2.89 bits per heavy atom. The lowest BCUT2D eigenvalue weighted by atomic mass is 10.00. The first kappa shape index (κ1) is 12.1. The summed E-state index contributed by atoms with van der Waals surface area (Å²) in [5.74, 6) is 1.51. The van der Waals surface area contributed by atoms with Gasteiger partial charge in [0.15, 0.2) is 11.5 Å². The van der Waals surface area contributed by atoms with Crippen LogP contribution in [0, 0.1) is 6.92 Å². The average molecular weight is 270 g/mol. The molecule has 4 nitrogen and oxygen atoms in total. The van der Waals surface area contributed by atoms with Crippen LogP contribution in [-0.2, 0) is 4.74 Å². The van der Waals surface area contributed by atoms with Gasteiger partial charge in [-0.05, 0) is 12.5 Å². The maximum Gasteiger partial charge on any atom is 0.167 e. The molecule has 2 heterocycles. The third-order valence-corrected chi connectivity index (χ3v) is 3.72. The molecule has 1 atom stereocenters. The van der Waals surface area contributed by atoms with Crippen LogP contribution in [0.1, 0.15) is 17.2 Å². The number of hydrogen-bond donors (Lipinski definition) is 1. The first-order valence-corrected chi connectivity index (χ1v) is 6.56. The monoisotopic (exact) mass is 269 g/mol. The molecule has 0 aliphatic carbocycles. The van der Waals surface area contributed by atoms with E-state index in [4.69, 9.17) is 25.8 Å². The van der Waals surface area contributed by atoms with E-state index in [2.05, 4.69) is 5.32 Å². The normalized spacial score (nSPS) is 22.9. The predicted octanol–water partition coefficient (Wildman–Crippen LogP) is 2.08. The van der Waals surface area contributed by atoms with E-state index in [1.54, 1.807) is 0 Å². The smallest absolute Gasteiger partial charge is 0.167 e. The van der Waals surface area contributed by atoms with Crippen molar-refractivity contribution in [2.75, 3.05) is 32.9 Å². The highest BCUT2D eigenvalue weighted by Crippen LogP contribution is 2.43. The van der Waals surface area contributed by atoms with E-state index in [0.29, 0.717) is 24.8 Å². The lowest BCUT2D eigenvalue weighted by Gasteiger charge is -2.30. The molecule has 1 aromatic rings. The molecule has 98 valence electrons. The van der Waals surface area contributed by atoms with Crippen LogP contribution in [0.2, 0.25) is 5.02 Å². The minimum atomic E-state index is -0.0205. The zero-order valence-corrected chi connectivity index (χ0v) is 11.0. The van der Waals surface area contributed by atoms with Gasteiger partial charge in [0, 0.05) is 29.7 Å². The molecule has 0 saturated carbocycles. The summed E-state index contributed by atoms with van der Waals surface area (Å²) in [7, 11) is 0. The number of benzene rings is 1. The zero-order chi connectivity index (χ0) is 12.5. The lowest BCUT2D eigenvalue weighted by Crippen LogP contribution is -2.34. The molecule has 3 rings (SSSR count). The Labute approximate surface area is 111 Å². The Balaban J connectivity index is 2.07. The van der Waals surface area contributed by atoms with Gasteiger partial charge in [0.05, 0.1) is 12.7 Å². The quantitative estimate of drug-likeness (QED) is 0.847. The van der Waals surface area contributed by atoms with Gasteiger partial charge in [-0.25, -0.2) is 0 Å². The summed E-state index contributed by atoms with van der Waals surface area (Å²) in [5.41, 5.74) is 2.03. The molecule has 18 heavy (non-hydrogen) atoms. The Kier molecular flexibility index (Phi) is 3.33. The van der Waals surface area contributed by atoms with Crippen molar-refractivity contribution < 1.29 is 14.2 Å². The van der Waals surface area contributed by atoms with Crippen molar-refractivity contribution in [1.82, 2.24) is 5.32 Å². The number of hydrogen-bond acceptors (Lipinski definition) is 4. The molecule has 1 aromatic carbocycles. The standard InChI is InChI=1S/C13H16ClNO3/c1-8-9(14)6-10-13(18-5-4-17-10)12(8)11-7-15-2-3-16-11/h6,11,15H,2-5,7H2,1H3. The molecule has 1 fully saturated rings. The van der Waals surface area contributed by atoms with Gasteiger partial charge in [-0.2, -0.15) is 0 Å². The summed E-state index contributed by atoms with van der Waals surface area (Å²) in [5, 5.41) is 4.02. The molecule has 2 aliphatic heterocycles. The molecule has 0 radical (unpaired) electrons. The van der Waals surface area contributed by atoms with Crippen LogP contribution >= 0.6 is 11.6 Å². The molecular formula is C13H16ClNO3. The van der Waals surface area contributed by atoms with Gasteiger partial charge >= 0.3 is 0 Å². The maximum absolute atomic E-state index is 6.26. The van der Waals surface area contributed by atoms with Gasteiger partial charge in [0.25, 0.3) is 0 Å². The van der Waals surface area contributed by atoms with Gasteiger partial charge in [-0.1, -0.05) is 11.6 Å². The Hall–Kier alpha value is -0.970. The van der Waals surface area contributed by atoms with Crippen molar-refractivity contribution in [2.45, 2.75) is 13.0 Å². The van der Waals surface area contributed by atoms with Crippen LogP contribution in [0.15, 0.2) is 6.07 Å². The van der Waals surface area contributed by atoms with Gasteiger partial charge in [0.2, 0.25) is 0 Å². The molecule has 2 aliphatic rings. The minimum Gasteiger partial charge on any atom is -0.486 e. The first-order chi connectivity index (χ1) is 8.77. The molecule has 1 N–H and O–H groups in total. The van der Waals surface area contributed by atoms with Crippen LogP contribution in [0.25, 0.3) is 0 Å². The molecule has 0 aromatic heterocycles. The number of ether oxygens (including phenoxy) is 3. The van der Waals surface area contributed by atoms with Gasteiger partial charge in [-0.15, -0.1) is 0 Å². The highest BCUT2D eigenvalue weighted by atomic mass is 35.5. The van der Waals surface area contributed by atoms with Crippen molar-refractivity contribution in [1.29, 1.82) is 0 Å². The van der Waals surface area contributed by atoms with Gasteiger partial charge < -0.3 is 19.5 Å². The second kappa shape index (κ2) is 4.96. The van der Waals surface area contributed by atoms with Crippen LogP contribution in [0.3, 0.4) is 0 Å². The maximum atomic E-state index is 6.26. The largest absolute Gasteiger partial charge is 0.486 e. The lowest BCUT2D eigenvalue weighted by molar-refractivity contribution is 0.0240. The number of rotatable bonds is 1. The SMILES string of the molecule is Cc1c(Cl)cc2c(c1C1CNCCO1)OCCO2. The fourth-order valence-electron chi connectivity index (χ4n) is 2.41. The number of halogens is 1. The number of nitrogens with one attached hydrogen (secondary N) is 1. The zero-order valence-electron chi connectivity index (χ0n) is 10.3. The predicted molar refractivity (Wildman–Crippen MR) is 68.7 cm³/mol. The first-order valence-electron chi connectivity index (χ1n) is 6.18. The molecule has 0 bridgehead atoms. The Morgan fingerprint density at radius 1 is 1.28 bits per heavy atom. The number of fused-ring (bicyclic) bond motifs is 1. The number of morpholine rings is 1. The Bertz CT molecular complexity index is 458. The van der Waals surface area contributed by atoms with Crippen molar-refractivity contribution in [3.05, 3.63) is 22.2 Å². The van der Waals surface area contributed by atoms with E-state index < -0.39 is 0 Å². The summed E-state index contributed by atoms with van der Waals surface area (Å²) >= 11 is 6.26. The summed E-state index contributed by atoms with van der Waals surface area (Å²) in [6.07, 6.45) is -0.0205. The third-order valence-electron chi connectivity index (χ3n) is 3.33. The fraction of sp³-hybridized carbons (Fsp3) is 0.538. The van der Waals surface area contributed by atoms with E-state index in [-0.39, 0.29) is 6.10 Å². The molecule has 0 spiro atoms. The van der Waals surface area contributed by atoms with Crippen molar-refractivity contribution >= 4 is 11.6 Å². The second-order valence-corrected chi connectivity index (χ2v) is 4.89. The average Bonchev–Trinajstić information content (AvgIpc) is 2.41. The van der Waals surface area contributed by atoms with E-state index >= 15 is 0 Å².